The Balaban J connectivity index is 2.03. The highest BCUT2D eigenvalue weighted by Crippen LogP contribution is 2.05. The highest BCUT2D eigenvalue weighted by atomic mass is 16.5. The molecule has 0 saturated carbocycles. The van der Waals surface area contributed by atoms with Gasteiger partial charge >= 0.3 is 5.97 Å². The van der Waals surface area contributed by atoms with Crippen LogP contribution in [0.2, 0.25) is 0 Å². The van der Waals surface area contributed by atoms with Crippen molar-refractivity contribution in [2.45, 2.75) is 20.4 Å². The first-order valence-corrected chi connectivity index (χ1v) is 6.39. The quantitative estimate of drug-likeness (QED) is 0.730. The lowest BCUT2D eigenvalue weighted by atomic mass is 10.4. The van der Waals surface area contributed by atoms with Gasteiger partial charge < -0.3 is 4.74 Å². The standard InChI is InChI=1S/C13H18N4O2/c1-3-16(10-12(18)19-4-2)8-11-9-17-7-5-6-14-13(17)15-11/h5-7,9H,3-4,8,10H2,1-2H3. The Labute approximate surface area is 112 Å². The number of hydrogen-bond donors (Lipinski definition) is 0. The van der Waals surface area contributed by atoms with E-state index in [0.29, 0.717) is 18.9 Å². The maximum Gasteiger partial charge on any atom is 0.320 e. The molecule has 6 nitrogen and oxygen atoms in total. The van der Waals surface area contributed by atoms with Crippen LogP contribution < -0.4 is 0 Å². The normalized spacial score (nSPS) is 11.1. The molecule has 2 heterocycles. The molecule has 0 radical (unpaired) electrons. The van der Waals surface area contributed by atoms with Crippen molar-refractivity contribution in [1.29, 1.82) is 0 Å². The average molecular weight is 262 g/mol. The third kappa shape index (κ3) is 3.51. The van der Waals surface area contributed by atoms with E-state index < -0.39 is 0 Å². The van der Waals surface area contributed by atoms with Crippen LogP contribution in [-0.2, 0) is 16.1 Å². The summed E-state index contributed by atoms with van der Waals surface area (Å²) in [5.74, 6) is 0.468. The van der Waals surface area contributed by atoms with Crippen LogP contribution in [0, 0.1) is 0 Å². The summed E-state index contributed by atoms with van der Waals surface area (Å²) < 4.78 is 6.82. The van der Waals surface area contributed by atoms with Gasteiger partial charge in [0, 0.05) is 25.1 Å². The zero-order valence-corrected chi connectivity index (χ0v) is 11.2. The van der Waals surface area contributed by atoms with Gasteiger partial charge in [0.05, 0.1) is 18.8 Å². The van der Waals surface area contributed by atoms with Gasteiger partial charge in [-0.05, 0) is 19.5 Å². The molecular formula is C13H18N4O2. The fraction of sp³-hybridized carbons (Fsp3) is 0.462. The molecule has 102 valence electrons. The van der Waals surface area contributed by atoms with Gasteiger partial charge in [0.1, 0.15) is 0 Å². The minimum Gasteiger partial charge on any atom is -0.465 e. The summed E-state index contributed by atoms with van der Waals surface area (Å²) in [5, 5.41) is 0. The van der Waals surface area contributed by atoms with Crippen LogP contribution in [0.25, 0.3) is 5.78 Å². The van der Waals surface area contributed by atoms with Crippen molar-refractivity contribution in [3.05, 3.63) is 30.4 Å². The first kappa shape index (κ1) is 13.5. The van der Waals surface area contributed by atoms with Crippen molar-refractivity contribution in [1.82, 2.24) is 19.3 Å². The fourth-order valence-electron chi connectivity index (χ4n) is 1.85. The molecule has 0 aliphatic rings. The predicted molar refractivity (Wildman–Crippen MR) is 70.6 cm³/mol. The largest absolute Gasteiger partial charge is 0.465 e. The average Bonchev–Trinajstić information content (AvgIpc) is 2.80. The number of esters is 1. The fourth-order valence-corrected chi connectivity index (χ4v) is 1.85. The number of likely N-dealkylation sites (N-methyl/N-ethyl adjacent to an activating group) is 1. The Morgan fingerprint density at radius 1 is 1.47 bits per heavy atom. The van der Waals surface area contributed by atoms with E-state index in [4.69, 9.17) is 4.74 Å². The molecule has 0 unspecified atom stereocenters. The van der Waals surface area contributed by atoms with Crippen molar-refractivity contribution in [3.8, 4) is 0 Å². The number of hydrogen-bond acceptors (Lipinski definition) is 5. The van der Waals surface area contributed by atoms with Crippen LogP contribution in [0.15, 0.2) is 24.7 Å². The van der Waals surface area contributed by atoms with E-state index >= 15 is 0 Å². The van der Waals surface area contributed by atoms with Gasteiger partial charge in [0.15, 0.2) is 0 Å². The first-order valence-electron chi connectivity index (χ1n) is 6.39. The second-order valence-corrected chi connectivity index (χ2v) is 4.17. The molecule has 0 bridgehead atoms. The SMILES string of the molecule is CCOC(=O)CN(CC)Cc1cn2cccnc2n1. The first-order chi connectivity index (χ1) is 9.22. The monoisotopic (exact) mass is 262 g/mol. The molecule has 0 aliphatic heterocycles. The molecule has 0 atom stereocenters. The van der Waals surface area contributed by atoms with Crippen LogP contribution in [-0.4, -0.2) is 44.9 Å². The highest BCUT2D eigenvalue weighted by molar-refractivity contribution is 5.71. The van der Waals surface area contributed by atoms with Crippen LogP contribution in [0.1, 0.15) is 19.5 Å². The molecule has 0 aliphatic carbocycles. The minimum absolute atomic E-state index is 0.203. The zero-order chi connectivity index (χ0) is 13.7. The van der Waals surface area contributed by atoms with E-state index in [9.17, 15) is 4.79 Å². The van der Waals surface area contributed by atoms with E-state index in [-0.39, 0.29) is 12.5 Å². The summed E-state index contributed by atoms with van der Waals surface area (Å²) in [5.41, 5.74) is 0.893. The number of carbonyl (C=O) groups excluding carboxylic acids is 1. The molecule has 2 aromatic rings. The summed E-state index contributed by atoms with van der Waals surface area (Å²) >= 11 is 0. The van der Waals surface area contributed by atoms with Crippen molar-refractivity contribution < 1.29 is 9.53 Å². The molecule has 0 N–H and O–H groups in total. The molecule has 0 saturated heterocycles. The number of imidazole rings is 1. The summed E-state index contributed by atoms with van der Waals surface area (Å²) in [4.78, 5) is 22.0. The molecular weight excluding hydrogens is 244 g/mol. The van der Waals surface area contributed by atoms with E-state index in [0.717, 1.165) is 12.2 Å². The number of aromatic nitrogens is 3. The number of rotatable bonds is 6. The van der Waals surface area contributed by atoms with Crippen LogP contribution in [0.4, 0.5) is 0 Å². The third-order valence-corrected chi connectivity index (χ3v) is 2.78. The van der Waals surface area contributed by atoms with Gasteiger partial charge in [-0.1, -0.05) is 6.92 Å². The van der Waals surface area contributed by atoms with E-state index in [1.54, 1.807) is 6.20 Å². The minimum atomic E-state index is -0.203. The molecule has 19 heavy (non-hydrogen) atoms. The van der Waals surface area contributed by atoms with Crippen molar-refractivity contribution >= 4 is 11.7 Å². The Morgan fingerprint density at radius 3 is 3.00 bits per heavy atom. The lowest BCUT2D eigenvalue weighted by Gasteiger charge is -2.17. The Hall–Kier alpha value is -1.95. The molecule has 6 heteroatoms. The maximum atomic E-state index is 11.5. The van der Waals surface area contributed by atoms with Crippen molar-refractivity contribution in [3.63, 3.8) is 0 Å². The molecule has 2 aromatic heterocycles. The Morgan fingerprint density at radius 2 is 2.32 bits per heavy atom. The van der Waals surface area contributed by atoms with Gasteiger partial charge in [-0.25, -0.2) is 9.97 Å². The second kappa shape index (κ2) is 6.29. The summed E-state index contributed by atoms with van der Waals surface area (Å²) in [6.45, 7) is 5.88. The number of fused-ring (bicyclic) bond motifs is 1. The smallest absolute Gasteiger partial charge is 0.320 e. The van der Waals surface area contributed by atoms with Crippen molar-refractivity contribution in [2.75, 3.05) is 19.7 Å². The van der Waals surface area contributed by atoms with E-state index in [1.807, 2.05) is 41.6 Å². The summed E-state index contributed by atoms with van der Waals surface area (Å²) in [7, 11) is 0. The lowest BCUT2D eigenvalue weighted by molar-refractivity contribution is -0.144. The van der Waals surface area contributed by atoms with Gasteiger partial charge in [-0.3, -0.25) is 14.1 Å². The number of nitrogens with zero attached hydrogens (tertiary/aromatic N) is 4. The maximum absolute atomic E-state index is 11.5. The molecule has 0 amide bonds. The molecule has 0 fully saturated rings. The zero-order valence-electron chi connectivity index (χ0n) is 11.2. The van der Waals surface area contributed by atoms with Gasteiger partial charge in [0.2, 0.25) is 5.78 Å². The molecule has 2 rings (SSSR count). The number of carbonyl (C=O) groups is 1. The molecule has 0 spiro atoms. The summed E-state index contributed by atoms with van der Waals surface area (Å²) in [6, 6.07) is 1.86. The van der Waals surface area contributed by atoms with Crippen LogP contribution in [0.5, 0.6) is 0 Å². The van der Waals surface area contributed by atoms with E-state index in [2.05, 4.69) is 9.97 Å². The number of ether oxygens (including phenoxy) is 1. The highest BCUT2D eigenvalue weighted by Gasteiger charge is 2.12. The van der Waals surface area contributed by atoms with Gasteiger partial charge in [-0.15, -0.1) is 0 Å². The Bertz CT molecular complexity index is 519. The topological polar surface area (TPSA) is 59.7 Å². The predicted octanol–water partition coefficient (Wildman–Crippen LogP) is 1.11. The third-order valence-electron chi connectivity index (χ3n) is 2.78. The second-order valence-electron chi connectivity index (χ2n) is 4.17. The van der Waals surface area contributed by atoms with E-state index in [1.165, 1.54) is 0 Å². The van der Waals surface area contributed by atoms with Gasteiger partial charge in [-0.2, -0.15) is 0 Å². The van der Waals surface area contributed by atoms with Crippen LogP contribution in [0.3, 0.4) is 0 Å². The lowest BCUT2D eigenvalue weighted by Crippen LogP contribution is -2.30. The molecule has 0 aromatic carbocycles. The summed E-state index contributed by atoms with van der Waals surface area (Å²) in [6.07, 6.45) is 5.54. The Kier molecular flexibility index (Phi) is 4.46. The van der Waals surface area contributed by atoms with Crippen molar-refractivity contribution in [2.24, 2.45) is 0 Å². The van der Waals surface area contributed by atoms with Gasteiger partial charge in [0.25, 0.3) is 0 Å². The van der Waals surface area contributed by atoms with Crippen LogP contribution >= 0.6 is 0 Å².